The molecule has 0 aromatic carbocycles. The van der Waals surface area contributed by atoms with Gasteiger partial charge in [0.25, 0.3) is 0 Å². The summed E-state index contributed by atoms with van der Waals surface area (Å²) in [7, 11) is 0. The average molecular weight is 371 g/mol. The molecule has 130 valence electrons. The van der Waals surface area contributed by atoms with E-state index in [0.717, 1.165) is 34.9 Å². The molecule has 1 aliphatic rings. The van der Waals surface area contributed by atoms with Crippen LogP contribution in [-0.4, -0.2) is 25.5 Å². The molecule has 0 aliphatic heterocycles. The number of aromatic nitrogens is 4. The van der Waals surface area contributed by atoms with Gasteiger partial charge in [-0.3, -0.25) is 9.55 Å². The Labute approximate surface area is 156 Å². The van der Waals surface area contributed by atoms with Gasteiger partial charge in [-0.05, 0) is 42.3 Å². The van der Waals surface area contributed by atoms with Gasteiger partial charge in [0, 0.05) is 16.8 Å². The Morgan fingerprint density at radius 1 is 1.08 bits per heavy atom. The molecule has 1 saturated carbocycles. The van der Waals surface area contributed by atoms with Crippen molar-refractivity contribution in [1.29, 1.82) is 0 Å². The predicted octanol–water partition coefficient (Wildman–Crippen LogP) is 5.12. The first-order valence-corrected chi connectivity index (χ1v) is 10.8. The minimum atomic E-state index is 0.809. The second kappa shape index (κ2) is 8.15. The largest absolute Gasteiger partial charge is 0.295 e. The molecule has 6 heteroatoms. The molecule has 1 aliphatic carbocycles. The summed E-state index contributed by atoms with van der Waals surface area (Å²) in [6.45, 7) is 0.809. The van der Waals surface area contributed by atoms with Crippen molar-refractivity contribution in [2.75, 3.05) is 5.75 Å². The number of hydrogen-bond donors (Lipinski definition) is 0. The van der Waals surface area contributed by atoms with Crippen LogP contribution < -0.4 is 0 Å². The second-order valence-electron chi connectivity index (χ2n) is 6.50. The fraction of sp³-hybridized carbons (Fsp3) is 0.421. The predicted molar refractivity (Wildman–Crippen MR) is 104 cm³/mol. The summed E-state index contributed by atoms with van der Waals surface area (Å²) in [4.78, 5) is 5.79. The van der Waals surface area contributed by atoms with Crippen LogP contribution in [0.4, 0.5) is 0 Å². The summed E-state index contributed by atoms with van der Waals surface area (Å²) >= 11 is 3.63. The standard InChI is InChI=1S/C19H22N4S2/c1-2-7-15(8-3-1)14-25-19-22-21-18(17-10-4-5-11-20-17)23(19)13-16-9-6-12-24-16/h4-6,9-12,15H,1-3,7-8,13-14H2. The summed E-state index contributed by atoms with van der Waals surface area (Å²) in [5.41, 5.74) is 0.885. The lowest BCUT2D eigenvalue weighted by atomic mass is 9.91. The van der Waals surface area contributed by atoms with Gasteiger partial charge >= 0.3 is 0 Å². The molecule has 0 N–H and O–H groups in total. The Morgan fingerprint density at radius 3 is 2.76 bits per heavy atom. The summed E-state index contributed by atoms with van der Waals surface area (Å²) in [5.74, 6) is 2.83. The van der Waals surface area contributed by atoms with Crippen LogP contribution >= 0.6 is 23.1 Å². The second-order valence-corrected chi connectivity index (χ2v) is 8.52. The van der Waals surface area contributed by atoms with Crippen LogP contribution in [0.1, 0.15) is 37.0 Å². The summed E-state index contributed by atoms with van der Waals surface area (Å²) in [6.07, 6.45) is 8.70. The molecule has 0 spiro atoms. The first-order valence-electron chi connectivity index (χ1n) is 8.90. The Bertz CT molecular complexity index is 777. The molecule has 0 atom stereocenters. The maximum absolute atomic E-state index is 4.50. The number of thiophene rings is 1. The molecule has 1 fully saturated rings. The van der Waals surface area contributed by atoms with E-state index in [-0.39, 0.29) is 0 Å². The number of hydrogen-bond acceptors (Lipinski definition) is 5. The quantitative estimate of drug-likeness (QED) is 0.565. The Morgan fingerprint density at radius 2 is 2.00 bits per heavy atom. The Kier molecular flexibility index (Phi) is 5.47. The van der Waals surface area contributed by atoms with Crippen molar-refractivity contribution < 1.29 is 0 Å². The monoisotopic (exact) mass is 370 g/mol. The van der Waals surface area contributed by atoms with Crippen LogP contribution in [-0.2, 0) is 6.54 Å². The first kappa shape index (κ1) is 16.8. The number of nitrogens with zero attached hydrogens (tertiary/aromatic N) is 4. The van der Waals surface area contributed by atoms with Gasteiger partial charge in [-0.25, -0.2) is 0 Å². The van der Waals surface area contributed by atoms with Gasteiger partial charge in [-0.2, -0.15) is 0 Å². The molecular weight excluding hydrogens is 348 g/mol. The van der Waals surface area contributed by atoms with Crippen LogP contribution in [0.15, 0.2) is 47.1 Å². The maximum Gasteiger partial charge on any atom is 0.191 e. The van der Waals surface area contributed by atoms with E-state index < -0.39 is 0 Å². The van der Waals surface area contributed by atoms with Crippen molar-refractivity contribution in [3.63, 3.8) is 0 Å². The molecule has 0 unspecified atom stereocenters. The van der Waals surface area contributed by atoms with Gasteiger partial charge in [-0.1, -0.05) is 43.2 Å². The number of pyridine rings is 1. The van der Waals surface area contributed by atoms with E-state index in [1.165, 1.54) is 37.0 Å². The van der Waals surface area contributed by atoms with Crippen molar-refractivity contribution >= 4 is 23.1 Å². The first-order chi connectivity index (χ1) is 12.4. The van der Waals surface area contributed by atoms with E-state index >= 15 is 0 Å². The van der Waals surface area contributed by atoms with E-state index in [4.69, 9.17) is 0 Å². The van der Waals surface area contributed by atoms with Crippen LogP contribution in [0.3, 0.4) is 0 Å². The van der Waals surface area contributed by atoms with Crippen molar-refractivity contribution in [3.8, 4) is 11.5 Å². The van der Waals surface area contributed by atoms with Crippen molar-refractivity contribution in [1.82, 2.24) is 19.7 Å². The van der Waals surface area contributed by atoms with Crippen LogP contribution in [0.25, 0.3) is 11.5 Å². The molecule has 3 heterocycles. The van der Waals surface area contributed by atoms with Crippen molar-refractivity contribution in [2.24, 2.45) is 5.92 Å². The zero-order valence-corrected chi connectivity index (χ0v) is 15.8. The smallest absolute Gasteiger partial charge is 0.191 e. The lowest BCUT2D eigenvalue weighted by Gasteiger charge is -2.20. The fourth-order valence-electron chi connectivity index (χ4n) is 3.33. The van der Waals surface area contributed by atoms with Crippen LogP contribution in [0.2, 0.25) is 0 Å². The minimum absolute atomic E-state index is 0.809. The lowest BCUT2D eigenvalue weighted by molar-refractivity contribution is 0.390. The zero-order chi connectivity index (χ0) is 16.9. The SMILES string of the molecule is c1ccc(-c2nnc(SCC3CCCCC3)n2Cc2cccs2)nc1. The molecule has 0 radical (unpaired) electrons. The van der Waals surface area contributed by atoms with Crippen LogP contribution in [0, 0.1) is 5.92 Å². The van der Waals surface area contributed by atoms with Crippen molar-refractivity contribution in [3.05, 3.63) is 46.8 Å². The van der Waals surface area contributed by atoms with E-state index in [9.17, 15) is 0 Å². The number of thioether (sulfide) groups is 1. The van der Waals surface area contributed by atoms with Gasteiger partial charge in [0.05, 0.1) is 6.54 Å². The van der Waals surface area contributed by atoms with Crippen LogP contribution in [0.5, 0.6) is 0 Å². The number of rotatable bonds is 6. The van der Waals surface area contributed by atoms with E-state index in [0.29, 0.717) is 0 Å². The van der Waals surface area contributed by atoms with E-state index in [2.05, 4.69) is 37.3 Å². The van der Waals surface area contributed by atoms with Gasteiger partial charge in [0.15, 0.2) is 11.0 Å². The molecule has 25 heavy (non-hydrogen) atoms. The lowest BCUT2D eigenvalue weighted by Crippen LogP contribution is -2.10. The molecule has 3 aromatic rings. The highest BCUT2D eigenvalue weighted by Gasteiger charge is 2.19. The summed E-state index contributed by atoms with van der Waals surface area (Å²) in [6, 6.07) is 10.2. The molecular formula is C19H22N4S2. The average Bonchev–Trinajstić information content (AvgIpc) is 3.32. The molecule has 3 aromatic heterocycles. The van der Waals surface area contributed by atoms with Gasteiger partial charge in [0.1, 0.15) is 5.69 Å². The molecule has 0 amide bonds. The highest BCUT2D eigenvalue weighted by Crippen LogP contribution is 2.31. The fourth-order valence-corrected chi connectivity index (χ4v) is 5.14. The van der Waals surface area contributed by atoms with E-state index in [1.807, 2.05) is 36.2 Å². The molecule has 0 saturated heterocycles. The third-order valence-corrected chi connectivity index (χ3v) is 6.74. The molecule has 0 bridgehead atoms. The minimum Gasteiger partial charge on any atom is -0.295 e. The third kappa shape index (κ3) is 4.12. The highest BCUT2D eigenvalue weighted by atomic mass is 32.2. The summed E-state index contributed by atoms with van der Waals surface area (Å²) in [5, 5.41) is 12.1. The molecule has 4 rings (SSSR count). The third-order valence-electron chi connectivity index (χ3n) is 4.68. The molecule has 4 nitrogen and oxygen atoms in total. The topological polar surface area (TPSA) is 43.6 Å². The zero-order valence-electron chi connectivity index (χ0n) is 14.2. The van der Waals surface area contributed by atoms with Gasteiger partial charge in [-0.15, -0.1) is 21.5 Å². The summed E-state index contributed by atoms with van der Waals surface area (Å²) < 4.78 is 2.22. The highest BCUT2D eigenvalue weighted by molar-refractivity contribution is 7.99. The van der Waals surface area contributed by atoms with Crippen molar-refractivity contribution in [2.45, 2.75) is 43.8 Å². The Hall–Kier alpha value is -1.66. The van der Waals surface area contributed by atoms with Gasteiger partial charge in [0.2, 0.25) is 0 Å². The Balaban J connectivity index is 1.58. The van der Waals surface area contributed by atoms with E-state index in [1.54, 1.807) is 11.3 Å². The normalized spacial score (nSPS) is 15.5. The van der Waals surface area contributed by atoms with Gasteiger partial charge < -0.3 is 0 Å². The maximum atomic E-state index is 4.50.